The quantitative estimate of drug-likeness (QED) is 0.825. The number of carbonyl (C=O) groups is 2. The lowest BCUT2D eigenvalue weighted by atomic mass is 10.1. The van der Waals surface area contributed by atoms with Crippen LogP contribution in [0.4, 0.5) is 11.6 Å². The number of hydrogen-bond acceptors (Lipinski definition) is 6. The van der Waals surface area contributed by atoms with E-state index >= 15 is 0 Å². The summed E-state index contributed by atoms with van der Waals surface area (Å²) in [5, 5.41) is 2.97. The van der Waals surface area contributed by atoms with E-state index in [9.17, 15) is 9.59 Å². The molecule has 1 aromatic heterocycles. The predicted molar refractivity (Wildman–Crippen MR) is 110 cm³/mol. The van der Waals surface area contributed by atoms with Gasteiger partial charge in [0, 0.05) is 37.4 Å². The average Bonchev–Trinajstić information content (AvgIpc) is 3.29. The number of hydrogen-bond donors (Lipinski definition) is 1. The van der Waals surface area contributed by atoms with E-state index in [1.165, 1.54) is 6.20 Å². The fourth-order valence-electron chi connectivity index (χ4n) is 3.46. The van der Waals surface area contributed by atoms with Crippen molar-refractivity contribution in [2.24, 2.45) is 0 Å². The van der Waals surface area contributed by atoms with Crippen molar-refractivity contribution in [2.75, 3.05) is 49.6 Å². The largest absolute Gasteiger partial charge is 0.378 e. The van der Waals surface area contributed by atoms with Crippen LogP contribution in [0.25, 0.3) is 0 Å². The van der Waals surface area contributed by atoms with Gasteiger partial charge in [-0.15, -0.1) is 0 Å². The maximum Gasteiger partial charge on any atom is 0.276 e. The van der Waals surface area contributed by atoms with Gasteiger partial charge < -0.3 is 19.9 Å². The lowest BCUT2D eigenvalue weighted by Crippen LogP contribution is -2.40. The predicted octanol–water partition coefficient (Wildman–Crippen LogP) is 2.45. The monoisotopic (exact) mass is 415 g/mol. The van der Waals surface area contributed by atoms with Crippen LogP contribution >= 0.6 is 11.6 Å². The summed E-state index contributed by atoms with van der Waals surface area (Å²) in [5.41, 5.74) is 1.14. The molecular formula is C20H22ClN5O3. The van der Waals surface area contributed by atoms with Crippen LogP contribution in [0.15, 0.2) is 30.5 Å². The van der Waals surface area contributed by atoms with Gasteiger partial charge >= 0.3 is 0 Å². The van der Waals surface area contributed by atoms with Gasteiger partial charge in [0.05, 0.1) is 24.4 Å². The first-order chi connectivity index (χ1) is 14.1. The number of halogens is 1. The molecule has 2 fully saturated rings. The number of nitrogens with one attached hydrogen (secondary N) is 1. The smallest absolute Gasteiger partial charge is 0.276 e. The van der Waals surface area contributed by atoms with Gasteiger partial charge in [0.2, 0.25) is 5.95 Å². The lowest BCUT2D eigenvalue weighted by molar-refractivity contribution is 0.0303. The molecule has 8 nitrogen and oxygen atoms in total. The van der Waals surface area contributed by atoms with Gasteiger partial charge in [-0.3, -0.25) is 9.59 Å². The highest BCUT2D eigenvalue weighted by Crippen LogP contribution is 2.21. The fourth-order valence-corrected chi connectivity index (χ4v) is 3.63. The van der Waals surface area contributed by atoms with E-state index in [0.29, 0.717) is 43.5 Å². The van der Waals surface area contributed by atoms with E-state index in [1.54, 1.807) is 29.2 Å². The number of anilines is 2. The minimum Gasteiger partial charge on any atom is -0.378 e. The highest BCUT2D eigenvalue weighted by atomic mass is 35.5. The molecule has 3 heterocycles. The van der Waals surface area contributed by atoms with Gasteiger partial charge in [-0.1, -0.05) is 17.7 Å². The zero-order chi connectivity index (χ0) is 20.2. The Balaban J connectivity index is 1.50. The van der Waals surface area contributed by atoms with Crippen molar-refractivity contribution in [2.45, 2.75) is 12.8 Å². The van der Waals surface area contributed by atoms with Crippen LogP contribution in [0.3, 0.4) is 0 Å². The Labute approximate surface area is 173 Å². The number of ether oxygens (including phenoxy) is 1. The molecule has 29 heavy (non-hydrogen) atoms. The second kappa shape index (κ2) is 8.75. The summed E-state index contributed by atoms with van der Waals surface area (Å²) in [6, 6.07) is 6.85. The minimum absolute atomic E-state index is 0.0826. The molecule has 9 heteroatoms. The molecule has 0 bridgehead atoms. The molecule has 0 saturated carbocycles. The lowest BCUT2D eigenvalue weighted by Gasteiger charge is -2.27. The van der Waals surface area contributed by atoms with Gasteiger partial charge in [-0.25, -0.2) is 9.97 Å². The SMILES string of the molecule is O=C(Nc1cccc(C(=O)N2CCOCC2)c1)c1nc(N2CCCC2)ncc1Cl. The molecule has 0 spiro atoms. The van der Waals surface area contributed by atoms with Crippen molar-refractivity contribution in [3.05, 3.63) is 46.7 Å². The van der Waals surface area contributed by atoms with Crippen LogP contribution in [-0.2, 0) is 4.74 Å². The molecule has 0 atom stereocenters. The standard InChI is InChI=1S/C20H22ClN5O3/c21-16-13-22-20(26-6-1-2-7-26)24-17(16)18(27)23-15-5-3-4-14(12-15)19(28)25-8-10-29-11-9-25/h3-5,12-13H,1-2,6-11H2,(H,23,27). The number of rotatable bonds is 4. The first-order valence-electron chi connectivity index (χ1n) is 9.68. The zero-order valence-electron chi connectivity index (χ0n) is 15.9. The summed E-state index contributed by atoms with van der Waals surface area (Å²) in [6.45, 7) is 3.93. The van der Waals surface area contributed by atoms with E-state index in [1.807, 2.05) is 4.90 Å². The van der Waals surface area contributed by atoms with Crippen LogP contribution < -0.4 is 10.2 Å². The Hall–Kier alpha value is -2.71. The summed E-state index contributed by atoms with van der Waals surface area (Å²) in [5.74, 6) is -0.0112. The molecule has 2 amide bonds. The summed E-state index contributed by atoms with van der Waals surface area (Å²) in [6.07, 6.45) is 3.62. The number of nitrogens with zero attached hydrogens (tertiary/aromatic N) is 4. The molecule has 0 aliphatic carbocycles. The maximum absolute atomic E-state index is 12.8. The van der Waals surface area contributed by atoms with Gasteiger partial charge in [-0.05, 0) is 31.0 Å². The topological polar surface area (TPSA) is 87.7 Å². The molecule has 0 radical (unpaired) electrons. The Bertz CT molecular complexity index is 911. The molecule has 2 saturated heterocycles. The van der Waals surface area contributed by atoms with E-state index in [-0.39, 0.29) is 16.6 Å². The number of aromatic nitrogens is 2. The van der Waals surface area contributed by atoms with Crippen molar-refractivity contribution in [3.8, 4) is 0 Å². The Morgan fingerprint density at radius 2 is 1.86 bits per heavy atom. The van der Waals surface area contributed by atoms with E-state index in [4.69, 9.17) is 16.3 Å². The summed E-state index contributed by atoms with van der Waals surface area (Å²) in [7, 11) is 0. The highest BCUT2D eigenvalue weighted by Gasteiger charge is 2.21. The van der Waals surface area contributed by atoms with Gasteiger partial charge in [-0.2, -0.15) is 0 Å². The Morgan fingerprint density at radius 1 is 1.10 bits per heavy atom. The first-order valence-corrected chi connectivity index (χ1v) is 10.1. The normalized spacial score (nSPS) is 16.7. The van der Waals surface area contributed by atoms with Crippen molar-refractivity contribution >= 4 is 35.1 Å². The van der Waals surface area contributed by atoms with E-state index < -0.39 is 5.91 Å². The van der Waals surface area contributed by atoms with Crippen molar-refractivity contribution in [3.63, 3.8) is 0 Å². The third-order valence-electron chi connectivity index (χ3n) is 5.00. The minimum atomic E-state index is -0.436. The summed E-state index contributed by atoms with van der Waals surface area (Å²) < 4.78 is 5.29. The number of benzene rings is 1. The molecule has 2 aromatic rings. The molecule has 2 aliphatic heterocycles. The summed E-state index contributed by atoms with van der Waals surface area (Å²) in [4.78, 5) is 37.8. The van der Waals surface area contributed by atoms with Crippen LogP contribution in [0, 0.1) is 0 Å². The highest BCUT2D eigenvalue weighted by molar-refractivity contribution is 6.34. The third kappa shape index (κ3) is 4.49. The molecule has 2 aliphatic rings. The van der Waals surface area contributed by atoms with Crippen molar-refractivity contribution < 1.29 is 14.3 Å². The molecular weight excluding hydrogens is 394 g/mol. The molecule has 1 aromatic carbocycles. The first kappa shape index (κ1) is 19.6. The average molecular weight is 416 g/mol. The van der Waals surface area contributed by atoms with Gasteiger partial charge in [0.25, 0.3) is 11.8 Å². The van der Waals surface area contributed by atoms with Gasteiger partial charge in [0.1, 0.15) is 0 Å². The number of morpholine rings is 1. The number of amides is 2. The van der Waals surface area contributed by atoms with Crippen LogP contribution in [0.5, 0.6) is 0 Å². The second-order valence-electron chi connectivity index (χ2n) is 7.00. The van der Waals surface area contributed by atoms with E-state index in [2.05, 4.69) is 15.3 Å². The number of carbonyl (C=O) groups excluding carboxylic acids is 2. The van der Waals surface area contributed by atoms with Crippen LogP contribution in [0.1, 0.15) is 33.7 Å². The molecule has 152 valence electrons. The fraction of sp³-hybridized carbons (Fsp3) is 0.400. The van der Waals surface area contributed by atoms with Crippen LogP contribution in [0.2, 0.25) is 5.02 Å². The Morgan fingerprint density at radius 3 is 2.62 bits per heavy atom. The molecule has 0 unspecified atom stereocenters. The van der Waals surface area contributed by atoms with Crippen LogP contribution in [-0.4, -0.2) is 66.1 Å². The Kier molecular flexibility index (Phi) is 5.92. The second-order valence-corrected chi connectivity index (χ2v) is 7.41. The maximum atomic E-state index is 12.8. The third-order valence-corrected chi connectivity index (χ3v) is 5.28. The summed E-state index contributed by atoms with van der Waals surface area (Å²) >= 11 is 6.17. The molecule has 1 N–H and O–H groups in total. The van der Waals surface area contributed by atoms with Crippen molar-refractivity contribution in [1.29, 1.82) is 0 Å². The van der Waals surface area contributed by atoms with E-state index in [0.717, 1.165) is 25.9 Å². The van der Waals surface area contributed by atoms with Gasteiger partial charge in [0.15, 0.2) is 5.69 Å². The zero-order valence-corrected chi connectivity index (χ0v) is 16.7. The van der Waals surface area contributed by atoms with Crippen molar-refractivity contribution in [1.82, 2.24) is 14.9 Å². The molecule has 4 rings (SSSR count).